The van der Waals surface area contributed by atoms with Crippen molar-refractivity contribution in [3.05, 3.63) is 53.8 Å². The van der Waals surface area contributed by atoms with Crippen LogP contribution in [0.25, 0.3) is 0 Å². The molecule has 0 bridgehead atoms. The molecule has 2 rings (SSSR count). The molecule has 0 spiro atoms. The van der Waals surface area contributed by atoms with Crippen molar-refractivity contribution in [1.82, 2.24) is 4.72 Å². The van der Waals surface area contributed by atoms with Crippen LogP contribution in [-0.2, 0) is 20.0 Å². The monoisotopic (exact) mass is 426 g/mol. The molecule has 0 saturated heterocycles. The Balaban J connectivity index is 2.20. The highest BCUT2D eigenvalue weighted by Gasteiger charge is 2.30. The SMILES string of the molecule is Cc1cc(F)ccc1S(=O)(=O)Nc1ccc(S(=O)(=O)NCC(F)(F)F)cc1. The van der Waals surface area contributed by atoms with E-state index in [0.29, 0.717) is 0 Å². The number of benzene rings is 2. The summed E-state index contributed by atoms with van der Waals surface area (Å²) >= 11 is 0. The lowest BCUT2D eigenvalue weighted by Crippen LogP contribution is -2.33. The normalized spacial score (nSPS) is 12.8. The van der Waals surface area contributed by atoms with Crippen LogP contribution in [0.1, 0.15) is 5.56 Å². The van der Waals surface area contributed by atoms with Gasteiger partial charge in [-0.1, -0.05) is 0 Å². The standard InChI is InChI=1S/C15H14F4N2O4S2/c1-10-8-11(16)2-7-14(10)27(24,25)21-12-3-5-13(6-4-12)26(22,23)20-9-15(17,18)19/h2-8,20-21H,9H2,1H3. The van der Waals surface area contributed by atoms with E-state index in [0.717, 1.165) is 42.5 Å². The third-order valence-electron chi connectivity index (χ3n) is 3.31. The summed E-state index contributed by atoms with van der Waals surface area (Å²) in [5.74, 6) is -0.604. The molecular weight excluding hydrogens is 412 g/mol. The zero-order chi connectivity index (χ0) is 20.5. The molecule has 0 fully saturated rings. The van der Waals surface area contributed by atoms with Gasteiger partial charge in [0.15, 0.2) is 0 Å². The van der Waals surface area contributed by atoms with Crippen molar-refractivity contribution in [2.24, 2.45) is 0 Å². The second-order valence-electron chi connectivity index (χ2n) is 5.48. The Morgan fingerprint density at radius 3 is 2.04 bits per heavy atom. The summed E-state index contributed by atoms with van der Waals surface area (Å²) in [6, 6.07) is 7.16. The number of anilines is 1. The van der Waals surface area contributed by atoms with Gasteiger partial charge in [-0.3, -0.25) is 4.72 Å². The van der Waals surface area contributed by atoms with Gasteiger partial charge in [0.25, 0.3) is 10.0 Å². The van der Waals surface area contributed by atoms with Crippen LogP contribution in [0.3, 0.4) is 0 Å². The molecule has 0 aliphatic heterocycles. The summed E-state index contributed by atoms with van der Waals surface area (Å²) in [6.45, 7) is -0.326. The average molecular weight is 426 g/mol. The van der Waals surface area contributed by atoms with Gasteiger partial charge < -0.3 is 0 Å². The van der Waals surface area contributed by atoms with E-state index in [1.165, 1.54) is 11.6 Å². The van der Waals surface area contributed by atoms with Crippen LogP contribution in [0.2, 0.25) is 0 Å². The smallest absolute Gasteiger partial charge is 0.280 e. The third-order valence-corrected chi connectivity index (χ3v) is 6.26. The van der Waals surface area contributed by atoms with Crippen LogP contribution in [0.5, 0.6) is 0 Å². The van der Waals surface area contributed by atoms with Crippen LogP contribution < -0.4 is 9.44 Å². The maximum absolute atomic E-state index is 13.1. The number of halogens is 4. The topological polar surface area (TPSA) is 92.3 Å². The molecule has 0 unspecified atom stereocenters. The van der Waals surface area contributed by atoms with Gasteiger partial charge in [0, 0.05) is 5.69 Å². The van der Waals surface area contributed by atoms with E-state index >= 15 is 0 Å². The fourth-order valence-electron chi connectivity index (χ4n) is 2.09. The lowest BCUT2D eigenvalue weighted by molar-refractivity contribution is -0.121. The fourth-order valence-corrected chi connectivity index (χ4v) is 4.39. The Morgan fingerprint density at radius 2 is 1.52 bits per heavy atom. The number of rotatable bonds is 6. The number of hydrogen-bond acceptors (Lipinski definition) is 4. The second kappa shape index (κ2) is 7.44. The highest BCUT2D eigenvalue weighted by molar-refractivity contribution is 7.92. The van der Waals surface area contributed by atoms with Gasteiger partial charge in [-0.15, -0.1) is 0 Å². The molecule has 12 heteroatoms. The molecule has 27 heavy (non-hydrogen) atoms. The average Bonchev–Trinajstić information content (AvgIpc) is 2.52. The van der Waals surface area contributed by atoms with E-state index in [4.69, 9.17) is 0 Å². The molecule has 0 aliphatic carbocycles. The zero-order valence-corrected chi connectivity index (χ0v) is 15.3. The van der Waals surface area contributed by atoms with Crippen LogP contribution in [-0.4, -0.2) is 29.6 Å². The molecule has 0 radical (unpaired) electrons. The van der Waals surface area contributed by atoms with Crippen molar-refractivity contribution in [2.45, 2.75) is 22.9 Å². The lowest BCUT2D eigenvalue weighted by Gasteiger charge is -2.12. The highest BCUT2D eigenvalue weighted by Crippen LogP contribution is 2.22. The van der Waals surface area contributed by atoms with Gasteiger partial charge in [-0.05, 0) is 55.0 Å². The van der Waals surface area contributed by atoms with Gasteiger partial charge in [0.1, 0.15) is 12.4 Å². The van der Waals surface area contributed by atoms with Gasteiger partial charge in [0.05, 0.1) is 9.79 Å². The molecule has 2 N–H and O–H groups in total. The Labute approximate surface area is 153 Å². The summed E-state index contributed by atoms with van der Waals surface area (Å²) < 4.78 is 101. The summed E-state index contributed by atoms with van der Waals surface area (Å²) in [5, 5.41) is 0. The van der Waals surface area contributed by atoms with E-state index in [1.54, 1.807) is 0 Å². The molecule has 0 saturated carbocycles. The molecule has 148 valence electrons. The summed E-state index contributed by atoms with van der Waals surface area (Å²) in [5.41, 5.74) is 0.145. The van der Waals surface area contributed by atoms with Gasteiger partial charge in [0.2, 0.25) is 10.0 Å². The Kier molecular flexibility index (Phi) is 5.82. The zero-order valence-electron chi connectivity index (χ0n) is 13.7. The van der Waals surface area contributed by atoms with E-state index < -0.39 is 43.5 Å². The molecule has 0 aliphatic rings. The fraction of sp³-hybridized carbons (Fsp3) is 0.200. The number of alkyl halides is 3. The minimum atomic E-state index is -4.71. The van der Waals surface area contributed by atoms with Crippen molar-refractivity contribution in [1.29, 1.82) is 0 Å². The maximum Gasteiger partial charge on any atom is 0.402 e. The van der Waals surface area contributed by atoms with Crippen LogP contribution in [0.4, 0.5) is 23.2 Å². The summed E-state index contributed by atoms with van der Waals surface area (Å²) in [7, 11) is -8.48. The lowest BCUT2D eigenvalue weighted by atomic mass is 10.2. The summed E-state index contributed by atoms with van der Waals surface area (Å²) in [6.07, 6.45) is -4.71. The second-order valence-corrected chi connectivity index (χ2v) is 8.90. The predicted octanol–water partition coefficient (Wildman–Crippen LogP) is 2.78. The molecule has 2 aromatic rings. The third kappa shape index (κ3) is 5.65. The molecular formula is C15H14F4N2O4S2. The highest BCUT2D eigenvalue weighted by atomic mass is 32.2. The first kappa shape index (κ1) is 21.1. The van der Waals surface area contributed by atoms with Gasteiger partial charge >= 0.3 is 6.18 Å². The number of hydrogen-bond donors (Lipinski definition) is 2. The van der Waals surface area contributed by atoms with Crippen LogP contribution in [0.15, 0.2) is 52.3 Å². The van der Waals surface area contributed by atoms with Crippen molar-refractivity contribution in [3.63, 3.8) is 0 Å². The van der Waals surface area contributed by atoms with Crippen LogP contribution in [0, 0.1) is 12.7 Å². The predicted molar refractivity (Wildman–Crippen MR) is 89.6 cm³/mol. The quantitative estimate of drug-likeness (QED) is 0.695. The molecule has 0 heterocycles. The molecule has 0 aromatic heterocycles. The number of aryl methyl sites for hydroxylation is 1. The number of nitrogens with one attached hydrogen (secondary N) is 2. The largest absolute Gasteiger partial charge is 0.402 e. The van der Waals surface area contributed by atoms with Crippen molar-refractivity contribution < 1.29 is 34.4 Å². The van der Waals surface area contributed by atoms with Gasteiger partial charge in [-0.25, -0.2) is 25.9 Å². The van der Waals surface area contributed by atoms with E-state index in [1.807, 2.05) is 0 Å². The first-order valence-electron chi connectivity index (χ1n) is 7.26. The first-order chi connectivity index (χ1) is 12.3. The Bertz CT molecular complexity index is 1030. The van der Waals surface area contributed by atoms with Crippen LogP contribution >= 0.6 is 0 Å². The molecule has 0 atom stereocenters. The first-order valence-corrected chi connectivity index (χ1v) is 10.2. The maximum atomic E-state index is 13.1. The van der Waals surface area contributed by atoms with Crippen molar-refractivity contribution >= 4 is 25.7 Å². The molecule has 0 amide bonds. The van der Waals surface area contributed by atoms with Crippen molar-refractivity contribution in [2.75, 3.05) is 11.3 Å². The van der Waals surface area contributed by atoms with Crippen molar-refractivity contribution in [3.8, 4) is 0 Å². The molecule has 2 aromatic carbocycles. The Morgan fingerprint density at radius 1 is 0.926 bits per heavy atom. The van der Waals surface area contributed by atoms with E-state index in [2.05, 4.69) is 4.72 Å². The minimum absolute atomic E-state index is 0.0199. The number of sulfonamides is 2. The molecule has 6 nitrogen and oxygen atoms in total. The summed E-state index contributed by atoms with van der Waals surface area (Å²) in [4.78, 5) is -0.639. The van der Waals surface area contributed by atoms with E-state index in [-0.39, 0.29) is 16.1 Å². The van der Waals surface area contributed by atoms with E-state index in [9.17, 15) is 34.4 Å². The minimum Gasteiger partial charge on any atom is -0.280 e. The van der Waals surface area contributed by atoms with Gasteiger partial charge in [-0.2, -0.15) is 13.2 Å². The Hall–Kier alpha value is -2.18.